The van der Waals surface area contributed by atoms with E-state index in [2.05, 4.69) is 40.2 Å². The Morgan fingerprint density at radius 2 is 1.88 bits per heavy atom. The van der Waals surface area contributed by atoms with Gasteiger partial charge in [0.2, 0.25) is 5.95 Å². The number of piperazine rings is 1. The Bertz CT molecular complexity index is 867. The summed E-state index contributed by atoms with van der Waals surface area (Å²) in [6.45, 7) is 6.37. The van der Waals surface area contributed by atoms with Crippen molar-refractivity contribution >= 4 is 28.6 Å². The van der Waals surface area contributed by atoms with E-state index in [-0.39, 0.29) is 0 Å². The molecule has 4 rings (SSSR count). The van der Waals surface area contributed by atoms with Gasteiger partial charge in [0.15, 0.2) is 5.65 Å². The lowest BCUT2D eigenvalue weighted by Gasteiger charge is -2.36. The van der Waals surface area contributed by atoms with Gasteiger partial charge < -0.3 is 15.1 Å². The molecular formula is C16H21N9. The lowest BCUT2D eigenvalue weighted by Crippen LogP contribution is -2.47. The first-order valence-corrected chi connectivity index (χ1v) is 8.46. The van der Waals surface area contributed by atoms with E-state index in [9.17, 15) is 0 Å². The highest BCUT2D eigenvalue weighted by Gasteiger charge is 2.22. The number of fused-ring (bicyclic) bond motifs is 1. The molecule has 0 aliphatic carbocycles. The molecule has 0 amide bonds. The maximum absolute atomic E-state index is 4.58. The van der Waals surface area contributed by atoms with Gasteiger partial charge >= 0.3 is 0 Å². The zero-order valence-corrected chi connectivity index (χ0v) is 14.4. The summed E-state index contributed by atoms with van der Waals surface area (Å²) in [6, 6.07) is 1.96. The minimum Gasteiger partial charge on any atom is -0.354 e. The number of aromatic nitrogens is 6. The predicted molar refractivity (Wildman–Crippen MR) is 96.9 cm³/mol. The van der Waals surface area contributed by atoms with Crippen molar-refractivity contribution in [3.05, 3.63) is 24.8 Å². The molecule has 1 aliphatic heterocycles. The zero-order valence-electron chi connectivity index (χ0n) is 14.4. The van der Waals surface area contributed by atoms with Crippen molar-refractivity contribution in [3.8, 4) is 0 Å². The van der Waals surface area contributed by atoms with Crippen molar-refractivity contribution in [1.82, 2.24) is 29.7 Å². The SMILES string of the molecule is CCNc1nccc(N2CCN(c3ncnc4c3cnn4C)CC2)n1. The van der Waals surface area contributed by atoms with Gasteiger partial charge in [-0.25, -0.2) is 15.0 Å². The van der Waals surface area contributed by atoms with E-state index in [1.165, 1.54) is 0 Å². The largest absolute Gasteiger partial charge is 0.354 e. The summed E-state index contributed by atoms with van der Waals surface area (Å²) in [5, 5.41) is 8.45. The van der Waals surface area contributed by atoms with Crippen LogP contribution >= 0.6 is 0 Å². The lowest BCUT2D eigenvalue weighted by molar-refractivity contribution is 0.642. The van der Waals surface area contributed by atoms with Gasteiger partial charge in [-0.3, -0.25) is 4.68 Å². The number of nitrogens with zero attached hydrogens (tertiary/aromatic N) is 8. The molecule has 25 heavy (non-hydrogen) atoms. The van der Waals surface area contributed by atoms with E-state index < -0.39 is 0 Å². The topological polar surface area (TPSA) is 87.9 Å². The van der Waals surface area contributed by atoms with Crippen LogP contribution in [-0.4, -0.2) is 62.4 Å². The van der Waals surface area contributed by atoms with Gasteiger partial charge in [-0.15, -0.1) is 0 Å². The summed E-state index contributed by atoms with van der Waals surface area (Å²) in [5.41, 5.74) is 0.860. The van der Waals surface area contributed by atoms with Crippen LogP contribution in [0, 0.1) is 0 Å². The van der Waals surface area contributed by atoms with Crippen LogP contribution in [0.1, 0.15) is 6.92 Å². The van der Waals surface area contributed by atoms with Gasteiger partial charge in [0, 0.05) is 46.0 Å². The Hall–Kier alpha value is -2.97. The third-order valence-corrected chi connectivity index (χ3v) is 4.39. The first-order valence-electron chi connectivity index (χ1n) is 8.46. The molecule has 3 aromatic heterocycles. The molecule has 0 bridgehead atoms. The van der Waals surface area contributed by atoms with Gasteiger partial charge in [-0.05, 0) is 13.0 Å². The van der Waals surface area contributed by atoms with Crippen LogP contribution in [-0.2, 0) is 7.05 Å². The summed E-state index contributed by atoms with van der Waals surface area (Å²) < 4.78 is 1.78. The standard InChI is InChI=1S/C16H21N9/c1-3-17-16-18-5-4-13(22-16)24-6-8-25(9-7-24)15-12-10-21-23(2)14(12)19-11-20-15/h4-5,10-11H,3,6-9H2,1-2H3,(H,17,18,22). The highest BCUT2D eigenvalue weighted by molar-refractivity contribution is 5.86. The van der Waals surface area contributed by atoms with E-state index >= 15 is 0 Å². The maximum atomic E-state index is 4.58. The summed E-state index contributed by atoms with van der Waals surface area (Å²) in [6.07, 6.45) is 5.25. The van der Waals surface area contributed by atoms with E-state index in [0.29, 0.717) is 5.95 Å². The lowest BCUT2D eigenvalue weighted by atomic mass is 10.2. The fourth-order valence-corrected chi connectivity index (χ4v) is 3.12. The summed E-state index contributed by atoms with van der Waals surface area (Å²) in [5.74, 6) is 2.59. The van der Waals surface area contributed by atoms with E-state index in [1.54, 1.807) is 17.2 Å². The minimum atomic E-state index is 0.676. The molecule has 3 aromatic rings. The third-order valence-electron chi connectivity index (χ3n) is 4.39. The number of hydrogen-bond donors (Lipinski definition) is 1. The van der Waals surface area contributed by atoms with E-state index in [1.807, 2.05) is 26.2 Å². The van der Waals surface area contributed by atoms with Gasteiger partial charge in [0.1, 0.15) is 18.0 Å². The Labute approximate surface area is 145 Å². The molecule has 0 radical (unpaired) electrons. The number of rotatable bonds is 4. The number of hydrogen-bond acceptors (Lipinski definition) is 8. The van der Waals surface area contributed by atoms with Crippen LogP contribution in [0.2, 0.25) is 0 Å². The molecule has 0 aromatic carbocycles. The number of anilines is 3. The number of aryl methyl sites for hydroxylation is 1. The summed E-state index contributed by atoms with van der Waals surface area (Å²) >= 11 is 0. The molecule has 0 spiro atoms. The smallest absolute Gasteiger partial charge is 0.224 e. The maximum Gasteiger partial charge on any atom is 0.224 e. The second kappa shape index (κ2) is 6.50. The average Bonchev–Trinajstić information content (AvgIpc) is 3.04. The second-order valence-electron chi connectivity index (χ2n) is 5.95. The highest BCUT2D eigenvalue weighted by Crippen LogP contribution is 2.24. The third kappa shape index (κ3) is 2.92. The van der Waals surface area contributed by atoms with Crippen LogP contribution in [0.4, 0.5) is 17.6 Å². The molecule has 1 fully saturated rings. The fraction of sp³-hybridized carbons (Fsp3) is 0.438. The van der Waals surface area contributed by atoms with Crippen molar-refractivity contribution in [1.29, 1.82) is 0 Å². The van der Waals surface area contributed by atoms with Crippen LogP contribution in [0.25, 0.3) is 11.0 Å². The van der Waals surface area contributed by atoms with E-state index in [0.717, 1.165) is 55.4 Å². The Morgan fingerprint density at radius 3 is 2.68 bits per heavy atom. The zero-order chi connectivity index (χ0) is 17.2. The van der Waals surface area contributed by atoms with Crippen molar-refractivity contribution in [2.24, 2.45) is 7.05 Å². The quantitative estimate of drug-likeness (QED) is 0.750. The molecular weight excluding hydrogens is 318 g/mol. The Balaban J connectivity index is 1.50. The second-order valence-corrected chi connectivity index (χ2v) is 5.95. The van der Waals surface area contributed by atoms with Crippen LogP contribution in [0.15, 0.2) is 24.8 Å². The predicted octanol–water partition coefficient (Wildman–Crippen LogP) is 0.912. The molecule has 0 atom stereocenters. The van der Waals surface area contributed by atoms with Crippen molar-refractivity contribution in [2.75, 3.05) is 47.8 Å². The highest BCUT2D eigenvalue weighted by atomic mass is 15.3. The molecule has 130 valence electrons. The fourth-order valence-electron chi connectivity index (χ4n) is 3.12. The van der Waals surface area contributed by atoms with Crippen LogP contribution < -0.4 is 15.1 Å². The normalized spacial score (nSPS) is 15.0. The first kappa shape index (κ1) is 15.6. The summed E-state index contributed by atoms with van der Waals surface area (Å²) in [7, 11) is 1.90. The van der Waals surface area contributed by atoms with Crippen molar-refractivity contribution in [2.45, 2.75) is 6.92 Å². The minimum absolute atomic E-state index is 0.676. The Morgan fingerprint density at radius 1 is 1.08 bits per heavy atom. The van der Waals surface area contributed by atoms with Gasteiger partial charge in [-0.1, -0.05) is 0 Å². The number of nitrogens with one attached hydrogen (secondary N) is 1. The van der Waals surface area contributed by atoms with E-state index in [4.69, 9.17) is 0 Å². The Kier molecular flexibility index (Phi) is 4.04. The molecule has 9 nitrogen and oxygen atoms in total. The molecule has 1 saturated heterocycles. The monoisotopic (exact) mass is 339 g/mol. The van der Waals surface area contributed by atoms with Crippen molar-refractivity contribution in [3.63, 3.8) is 0 Å². The average molecular weight is 339 g/mol. The first-order chi connectivity index (χ1) is 12.3. The molecule has 9 heteroatoms. The molecule has 1 aliphatic rings. The van der Waals surface area contributed by atoms with Crippen LogP contribution in [0.5, 0.6) is 0 Å². The molecule has 1 N–H and O–H groups in total. The van der Waals surface area contributed by atoms with Crippen LogP contribution in [0.3, 0.4) is 0 Å². The summed E-state index contributed by atoms with van der Waals surface area (Å²) in [4.78, 5) is 22.2. The van der Waals surface area contributed by atoms with Gasteiger partial charge in [0.25, 0.3) is 0 Å². The molecule has 0 saturated carbocycles. The van der Waals surface area contributed by atoms with Gasteiger partial charge in [-0.2, -0.15) is 10.1 Å². The van der Waals surface area contributed by atoms with Gasteiger partial charge in [0.05, 0.1) is 11.6 Å². The van der Waals surface area contributed by atoms with Crippen molar-refractivity contribution < 1.29 is 0 Å². The molecule has 4 heterocycles. The molecule has 0 unspecified atom stereocenters.